The van der Waals surface area contributed by atoms with E-state index in [4.69, 9.17) is 6.42 Å². The fourth-order valence-electron chi connectivity index (χ4n) is 3.52. The van der Waals surface area contributed by atoms with Crippen molar-refractivity contribution in [1.82, 2.24) is 9.80 Å². The van der Waals surface area contributed by atoms with Crippen LogP contribution in [-0.2, 0) is 0 Å². The van der Waals surface area contributed by atoms with E-state index in [2.05, 4.69) is 46.1 Å². The Morgan fingerprint density at radius 1 is 1.21 bits per heavy atom. The molecule has 0 amide bonds. The van der Waals surface area contributed by atoms with Crippen molar-refractivity contribution in [1.29, 1.82) is 0 Å². The molecule has 19 heavy (non-hydrogen) atoms. The lowest BCUT2D eigenvalue weighted by Crippen LogP contribution is -2.51. The number of rotatable bonds is 3. The predicted molar refractivity (Wildman–Crippen MR) is 78.8 cm³/mol. The normalized spacial score (nSPS) is 27.9. The highest BCUT2D eigenvalue weighted by atomic mass is 15.3. The van der Waals surface area contributed by atoms with E-state index in [0.717, 1.165) is 19.0 Å². The van der Waals surface area contributed by atoms with Gasteiger partial charge < -0.3 is 0 Å². The Kier molecular flexibility index (Phi) is 3.87. The third-order valence-corrected chi connectivity index (χ3v) is 4.52. The third kappa shape index (κ3) is 2.68. The van der Waals surface area contributed by atoms with Crippen LogP contribution in [0.5, 0.6) is 0 Å². The number of piperazine rings is 1. The summed E-state index contributed by atoms with van der Waals surface area (Å²) >= 11 is 0. The van der Waals surface area contributed by atoms with Crippen molar-refractivity contribution < 1.29 is 0 Å². The quantitative estimate of drug-likeness (QED) is 0.765. The van der Waals surface area contributed by atoms with E-state index in [9.17, 15) is 0 Å². The molecular weight excluding hydrogens is 232 g/mol. The number of hydrogen-bond acceptors (Lipinski definition) is 2. The molecule has 2 heterocycles. The summed E-state index contributed by atoms with van der Waals surface area (Å²) in [6, 6.07) is 12.2. The second kappa shape index (κ2) is 5.77. The van der Waals surface area contributed by atoms with Gasteiger partial charge in [0.1, 0.15) is 0 Å². The minimum absolute atomic E-state index is 0.517. The van der Waals surface area contributed by atoms with Gasteiger partial charge in [0.05, 0.1) is 0 Å². The van der Waals surface area contributed by atoms with Gasteiger partial charge in [-0.15, -0.1) is 12.3 Å². The summed E-state index contributed by atoms with van der Waals surface area (Å²) in [6.45, 7) is 4.65. The third-order valence-electron chi connectivity index (χ3n) is 4.52. The molecule has 0 saturated carbocycles. The fourth-order valence-corrected chi connectivity index (χ4v) is 3.52. The first-order valence-electron chi connectivity index (χ1n) is 7.35. The van der Waals surface area contributed by atoms with E-state index in [0.29, 0.717) is 6.04 Å². The molecule has 0 spiro atoms. The molecule has 0 radical (unpaired) electrons. The van der Waals surface area contributed by atoms with E-state index in [1.807, 2.05) is 0 Å². The van der Waals surface area contributed by atoms with Crippen molar-refractivity contribution in [3.05, 3.63) is 35.9 Å². The molecular formula is C17H22N2. The summed E-state index contributed by atoms with van der Waals surface area (Å²) in [5.41, 5.74) is 1.44. The average molecular weight is 254 g/mol. The highest BCUT2D eigenvalue weighted by Gasteiger charge is 2.36. The molecule has 1 aromatic rings. The molecule has 0 bridgehead atoms. The van der Waals surface area contributed by atoms with Gasteiger partial charge in [0.2, 0.25) is 0 Å². The van der Waals surface area contributed by atoms with E-state index in [-0.39, 0.29) is 0 Å². The van der Waals surface area contributed by atoms with Crippen LogP contribution in [0.4, 0.5) is 0 Å². The van der Waals surface area contributed by atoms with Crippen LogP contribution in [0.2, 0.25) is 0 Å². The minimum Gasteiger partial charge on any atom is -0.297 e. The zero-order valence-corrected chi connectivity index (χ0v) is 11.5. The molecule has 2 aliphatic rings. The zero-order chi connectivity index (χ0) is 13.1. The van der Waals surface area contributed by atoms with Gasteiger partial charge in [-0.1, -0.05) is 30.3 Å². The summed E-state index contributed by atoms with van der Waals surface area (Å²) in [4.78, 5) is 5.27. The molecule has 2 nitrogen and oxygen atoms in total. The Morgan fingerprint density at radius 2 is 2.05 bits per heavy atom. The van der Waals surface area contributed by atoms with Crippen LogP contribution in [0.1, 0.15) is 30.9 Å². The summed E-state index contributed by atoms with van der Waals surface area (Å²) in [7, 11) is 0. The SMILES string of the molecule is C#CCCN1CC2CCCN2CC1c1ccccc1. The Hall–Kier alpha value is -1.30. The van der Waals surface area contributed by atoms with Crippen LogP contribution in [-0.4, -0.2) is 42.0 Å². The molecule has 100 valence electrons. The number of hydrogen-bond donors (Lipinski definition) is 0. The fraction of sp³-hybridized carbons (Fsp3) is 0.529. The van der Waals surface area contributed by atoms with Crippen LogP contribution < -0.4 is 0 Å². The second-order valence-corrected chi connectivity index (χ2v) is 5.67. The summed E-state index contributed by atoms with van der Waals surface area (Å²) < 4.78 is 0. The molecule has 0 aromatic heterocycles. The first-order valence-corrected chi connectivity index (χ1v) is 7.35. The highest BCUT2D eigenvalue weighted by molar-refractivity contribution is 5.20. The average Bonchev–Trinajstić information content (AvgIpc) is 2.92. The Bertz CT molecular complexity index is 448. The van der Waals surface area contributed by atoms with E-state index in [1.54, 1.807) is 0 Å². The van der Waals surface area contributed by atoms with Gasteiger partial charge in [-0.25, -0.2) is 0 Å². The Balaban J connectivity index is 1.79. The van der Waals surface area contributed by atoms with Crippen LogP contribution in [0, 0.1) is 12.3 Å². The van der Waals surface area contributed by atoms with E-state index in [1.165, 1.54) is 38.0 Å². The lowest BCUT2D eigenvalue weighted by Gasteiger charge is -2.43. The summed E-state index contributed by atoms with van der Waals surface area (Å²) in [5, 5.41) is 0. The minimum atomic E-state index is 0.517. The molecule has 0 N–H and O–H groups in total. The monoisotopic (exact) mass is 254 g/mol. The number of terminal acetylenes is 1. The Morgan fingerprint density at radius 3 is 2.84 bits per heavy atom. The molecule has 2 fully saturated rings. The second-order valence-electron chi connectivity index (χ2n) is 5.67. The molecule has 0 aliphatic carbocycles. The number of benzene rings is 1. The van der Waals surface area contributed by atoms with Crippen molar-refractivity contribution in [3.8, 4) is 12.3 Å². The molecule has 2 aliphatic heterocycles. The van der Waals surface area contributed by atoms with Gasteiger partial charge >= 0.3 is 0 Å². The zero-order valence-electron chi connectivity index (χ0n) is 11.5. The highest BCUT2D eigenvalue weighted by Crippen LogP contribution is 2.32. The van der Waals surface area contributed by atoms with Gasteiger partial charge in [0.25, 0.3) is 0 Å². The maximum absolute atomic E-state index is 5.45. The lowest BCUT2D eigenvalue weighted by atomic mass is 9.99. The molecule has 2 atom stereocenters. The number of nitrogens with zero attached hydrogens (tertiary/aromatic N) is 2. The lowest BCUT2D eigenvalue weighted by molar-refractivity contribution is 0.0522. The maximum atomic E-state index is 5.45. The molecule has 1 aromatic carbocycles. The van der Waals surface area contributed by atoms with Gasteiger partial charge in [-0.3, -0.25) is 9.80 Å². The van der Waals surface area contributed by atoms with Gasteiger partial charge in [0, 0.05) is 38.1 Å². The van der Waals surface area contributed by atoms with Crippen molar-refractivity contribution >= 4 is 0 Å². The van der Waals surface area contributed by atoms with Gasteiger partial charge in [0.15, 0.2) is 0 Å². The standard InChI is InChI=1S/C17H22N2/c1-2-3-11-19-13-16-10-7-12-18(16)14-17(19)15-8-5-4-6-9-15/h1,4-6,8-9,16-17H,3,7,10-14H2. The van der Waals surface area contributed by atoms with E-state index < -0.39 is 0 Å². The van der Waals surface area contributed by atoms with Crippen LogP contribution >= 0.6 is 0 Å². The summed E-state index contributed by atoms with van der Waals surface area (Å²) in [6.07, 6.45) is 9.02. The number of fused-ring (bicyclic) bond motifs is 1. The van der Waals surface area contributed by atoms with Crippen LogP contribution in [0.3, 0.4) is 0 Å². The molecule has 2 saturated heterocycles. The Labute approximate surface area is 116 Å². The van der Waals surface area contributed by atoms with Crippen molar-refractivity contribution in [2.24, 2.45) is 0 Å². The molecule has 2 heteroatoms. The first-order chi connectivity index (χ1) is 9.38. The molecule has 3 rings (SSSR count). The van der Waals surface area contributed by atoms with Crippen molar-refractivity contribution in [2.45, 2.75) is 31.3 Å². The smallest absolute Gasteiger partial charge is 0.0476 e. The largest absolute Gasteiger partial charge is 0.297 e. The van der Waals surface area contributed by atoms with Gasteiger partial charge in [-0.05, 0) is 24.9 Å². The van der Waals surface area contributed by atoms with Crippen molar-refractivity contribution in [2.75, 3.05) is 26.2 Å². The van der Waals surface area contributed by atoms with Crippen molar-refractivity contribution in [3.63, 3.8) is 0 Å². The maximum Gasteiger partial charge on any atom is 0.0476 e. The van der Waals surface area contributed by atoms with Crippen LogP contribution in [0.15, 0.2) is 30.3 Å². The van der Waals surface area contributed by atoms with E-state index >= 15 is 0 Å². The molecule has 2 unspecified atom stereocenters. The topological polar surface area (TPSA) is 6.48 Å². The summed E-state index contributed by atoms with van der Waals surface area (Å²) in [5.74, 6) is 2.79. The predicted octanol–water partition coefficient (Wildman–Crippen LogP) is 2.53. The van der Waals surface area contributed by atoms with Gasteiger partial charge in [-0.2, -0.15) is 0 Å². The van der Waals surface area contributed by atoms with Crippen LogP contribution in [0.25, 0.3) is 0 Å². The first kappa shape index (κ1) is 12.7.